The SMILES string of the molecule is O=C(NCC(O)c1ccsc1)c1ccc(S(=O)(=O)N2CCCCC2)cc1. The van der Waals surface area contributed by atoms with E-state index < -0.39 is 16.1 Å². The number of aliphatic hydroxyl groups is 1. The number of rotatable bonds is 6. The molecule has 1 aromatic carbocycles. The maximum atomic E-state index is 12.6. The molecule has 1 atom stereocenters. The first kappa shape index (κ1) is 19.0. The van der Waals surface area contributed by atoms with Crippen molar-refractivity contribution >= 4 is 27.3 Å². The van der Waals surface area contributed by atoms with Crippen molar-refractivity contribution in [3.63, 3.8) is 0 Å². The smallest absolute Gasteiger partial charge is 0.251 e. The Balaban J connectivity index is 1.62. The standard InChI is InChI=1S/C18H22N2O4S2/c21-17(15-8-11-25-13-15)12-19-18(22)14-4-6-16(7-5-14)26(23,24)20-9-2-1-3-10-20/h4-8,11,13,17,21H,1-3,9-10,12H2,(H,19,22). The zero-order chi connectivity index (χ0) is 18.6. The molecule has 1 unspecified atom stereocenters. The van der Waals surface area contributed by atoms with Crippen molar-refractivity contribution in [2.24, 2.45) is 0 Å². The van der Waals surface area contributed by atoms with Crippen molar-refractivity contribution in [3.05, 3.63) is 52.2 Å². The molecule has 2 N–H and O–H groups in total. The van der Waals surface area contributed by atoms with Crippen LogP contribution in [-0.2, 0) is 10.0 Å². The number of benzene rings is 1. The van der Waals surface area contributed by atoms with Crippen molar-refractivity contribution in [1.29, 1.82) is 0 Å². The molecule has 1 saturated heterocycles. The zero-order valence-electron chi connectivity index (χ0n) is 14.3. The summed E-state index contributed by atoms with van der Waals surface area (Å²) in [6.07, 6.45) is 2.06. The zero-order valence-corrected chi connectivity index (χ0v) is 15.9. The second kappa shape index (κ2) is 8.30. The van der Waals surface area contributed by atoms with Crippen LogP contribution in [-0.4, -0.2) is 43.4 Å². The van der Waals surface area contributed by atoms with Gasteiger partial charge in [0.1, 0.15) is 0 Å². The van der Waals surface area contributed by atoms with E-state index in [1.807, 2.05) is 16.8 Å². The lowest BCUT2D eigenvalue weighted by atomic mass is 10.2. The van der Waals surface area contributed by atoms with Crippen molar-refractivity contribution in [2.75, 3.05) is 19.6 Å². The number of nitrogens with zero attached hydrogens (tertiary/aromatic N) is 1. The number of carbonyl (C=O) groups excluding carboxylic acids is 1. The number of carbonyl (C=O) groups is 1. The highest BCUT2D eigenvalue weighted by atomic mass is 32.2. The number of sulfonamides is 1. The summed E-state index contributed by atoms with van der Waals surface area (Å²) in [7, 11) is -3.50. The van der Waals surface area contributed by atoms with Crippen LogP contribution in [0.15, 0.2) is 46.0 Å². The molecule has 6 nitrogen and oxygen atoms in total. The summed E-state index contributed by atoms with van der Waals surface area (Å²) in [5.74, 6) is -0.346. The average Bonchev–Trinajstić information content (AvgIpc) is 3.21. The molecule has 1 fully saturated rings. The molecule has 1 amide bonds. The average molecular weight is 395 g/mol. The fourth-order valence-electron chi connectivity index (χ4n) is 2.91. The molecule has 2 aromatic rings. The number of amides is 1. The molecule has 140 valence electrons. The molecule has 8 heteroatoms. The molecule has 0 aliphatic carbocycles. The number of hydrogen-bond donors (Lipinski definition) is 2. The lowest BCUT2D eigenvalue weighted by Gasteiger charge is -2.25. The van der Waals surface area contributed by atoms with E-state index in [-0.39, 0.29) is 17.3 Å². The van der Waals surface area contributed by atoms with E-state index in [4.69, 9.17) is 0 Å². The van der Waals surface area contributed by atoms with Gasteiger partial charge in [0.25, 0.3) is 5.91 Å². The van der Waals surface area contributed by atoms with Crippen LogP contribution in [0.5, 0.6) is 0 Å². The maximum Gasteiger partial charge on any atom is 0.251 e. The monoisotopic (exact) mass is 394 g/mol. The van der Waals surface area contributed by atoms with Crippen LogP contribution in [0.4, 0.5) is 0 Å². The van der Waals surface area contributed by atoms with E-state index in [0.717, 1.165) is 24.8 Å². The molecule has 0 saturated carbocycles. The highest BCUT2D eigenvalue weighted by Gasteiger charge is 2.25. The second-order valence-electron chi connectivity index (χ2n) is 6.27. The lowest BCUT2D eigenvalue weighted by molar-refractivity contribution is 0.0916. The molecule has 0 spiro atoms. The molecular formula is C18H22N2O4S2. The number of thiophene rings is 1. The summed E-state index contributed by atoms with van der Waals surface area (Å²) in [4.78, 5) is 12.4. The van der Waals surface area contributed by atoms with Crippen LogP contribution in [0.3, 0.4) is 0 Å². The van der Waals surface area contributed by atoms with Gasteiger partial charge in [-0.05, 0) is 59.5 Å². The first-order valence-corrected chi connectivity index (χ1v) is 11.0. The molecule has 1 aliphatic rings. The summed E-state index contributed by atoms with van der Waals surface area (Å²) >= 11 is 1.48. The summed E-state index contributed by atoms with van der Waals surface area (Å²) in [5, 5.41) is 16.4. The van der Waals surface area contributed by atoms with E-state index >= 15 is 0 Å². The number of hydrogen-bond acceptors (Lipinski definition) is 5. The number of piperidine rings is 1. The third-order valence-corrected chi connectivity index (χ3v) is 7.07. The van der Waals surface area contributed by atoms with Crippen LogP contribution >= 0.6 is 11.3 Å². The number of nitrogens with one attached hydrogen (secondary N) is 1. The van der Waals surface area contributed by atoms with Crippen molar-refractivity contribution in [2.45, 2.75) is 30.3 Å². The van der Waals surface area contributed by atoms with Gasteiger partial charge >= 0.3 is 0 Å². The summed E-state index contributed by atoms with van der Waals surface area (Å²) in [5.41, 5.74) is 1.12. The third kappa shape index (κ3) is 4.32. The largest absolute Gasteiger partial charge is 0.387 e. The molecule has 0 bridgehead atoms. The Morgan fingerprint density at radius 3 is 2.46 bits per heavy atom. The van der Waals surface area contributed by atoms with Gasteiger partial charge in [0.05, 0.1) is 11.0 Å². The lowest BCUT2D eigenvalue weighted by Crippen LogP contribution is -2.35. The van der Waals surface area contributed by atoms with Gasteiger partial charge in [-0.25, -0.2) is 8.42 Å². The maximum absolute atomic E-state index is 12.6. The Bertz CT molecular complexity index is 827. The topological polar surface area (TPSA) is 86.7 Å². The van der Waals surface area contributed by atoms with Gasteiger partial charge in [-0.15, -0.1) is 0 Å². The van der Waals surface area contributed by atoms with Gasteiger partial charge in [0, 0.05) is 25.2 Å². The summed E-state index contributed by atoms with van der Waals surface area (Å²) in [6.45, 7) is 1.19. The molecule has 1 aliphatic heterocycles. The van der Waals surface area contributed by atoms with Crippen molar-refractivity contribution in [1.82, 2.24) is 9.62 Å². The minimum Gasteiger partial charge on any atom is -0.387 e. The fourth-order valence-corrected chi connectivity index (χ4v) is 5.13. The van der Waals surface area contributed by atoms with Crippen molar-refractivity contribution in [3.8, 4) is 0 Å². The van der Waals surface area contributed by atoms with Gasteiger partial charge in [-0.2, -0.15) is 15.6 Å². The highest BCUT2D eigenvalue weighted by molar-refractivity contribution is 7.89. The third-order valence-electron chi connectivity index (χ3n) is 4.45. The predicted octanol–water partition coefficient (Wildman–Crippen LogP) is 2.39. The Kier molecular flexibility index (Phi) is 6.08. The molecule has 26 heavy (non-hydrogen) atoms. The predicted molar refractivity (Wildman–Crippen MR) is 101 cm³/mol. The fraction of sp³-hybridized carbons (Fsp3) is 0.389. The Morgan fingerprint density at radius 2 is 1.85 bits per heavy atom. The van der Waals surface area contributed by atoms with Gasteiger partial charge in [-0.1, -0.05) is 6.42 Å². The van der Waals surface area contributed by atoms with Crippen LogP contribution < -0.4 is 5.32 Å². The van der Waals surface area contributed by atoms with Gasteiger partial charge in [-0.3, -0.25) is 4.79 Å². The quantitative estimate of drug-likeness (QED) is 0.788. The van der Waals surface area contributed by atoms with Gasteiger partial charge < -0.3 is 10.4 Å². The highest BCUT2D eigenvalue weighted by Crippen LogP contribution is 2.21. The van der Waals surface area contributed by atoms with Crippen LogP contribution in [0.2, 0.25) is 0 Å². The van der Waals surface area contributed by atoms with E-state index in [1.54, 1.807) is 0 Å². The minimum absolute atomic E-state index is 0.101. The molecule has 2 heterocycles. The Hall–Kier alpha value is -1.74. The number of aliphatic hydroxyl groups excluding tert-OH is 1. The normalized spacial score (nSPS) is 17.0. The molecular weight excluding hydrogens is 372 g/mol. The first-order valence-electron chi connectivity index (χ1n) is 8.57. The Labute approximate surface area is 157 Å². The molecule has 3 rings (SSSR count). The van der Waals surface area contributed by atoms with Gasteiger partial charge in [0.15, 0.2) is 0 Å². The van der Waals surface area contributed by atoms with E-state index in [1.165, 1.54) is 39.9 Å². The van der Waals surface area contributed by atoms with Crippen molar-refractivity contribution < 1.29 is 18.3 Å². The second-order valence-corrected chi connectivity index (χ2v) is 8.99. The minimum atomic E-state index is -3.50. The van der Waals surface area contributed by atoms with Crippen LogP contribution in [0.1, 0.15) is 41.3 Å². The van der Waals surface area contributed by atoms with Crippen LogP contribution in [0.25, 0.3) is 0 Å². The molecule has 0 radical (unpaired) electrons. The van der Waals surface area contributed by atoms with E-state index in [0.29, 0.717) is 18.7 Å². The summed E-state index contributed by atoms with van der Waals surface area (Å²) < 4.78 is 26.7. The molecule has 1 aromatic heterocycles. The first-order chi connectivity index (χ1) is 12.5. The van der Waals surface area contributed by atoms with Gasteiger partial charge in [0.2, 0.25) is 10.0 Å². The van der Waals surface area contributed by atoms with E-state index in [9.17, 15) is 18.3 Å². The van der Waals surface area contributed by atoms with E-state index in [2.05, 4.69) is 5.32 Å². The summed E-state index contributed by atoms with van der Waals surface area (Å²) in [6, 6.07) is 7.75. The Morgan fingerprint density at radius 1 is 1.15 bits per heavy atom. The van der Waals surface area contributed by atoms with Crippen LogP contribution in [0, 0.1) is 0 Å².